The second kappa shape index (κ2) is 45.6. The highest BCUT2D eigenvalue weighted by molar-refractivity contribution is 5.77. The number of hydrogen-bond acceptors (Lipinski definition) is 5. The standard InChI is InChI=1S/C52H93NO5/c1-4-7-10-13-16-19-22-24-25-26-28-30-33-36-39-42-45-52(57)58-48(43-40-37-34-31-29-27-23-20-17-14-11-8-5-2)46-51(56)53-49(47-54)50(55)44-41-38-35-32-21-18-15-12-9-6-3/h7,10,16-17,19-20,23-25,27,48-50,54-55H,4-6,8-9,11-15,18,21-22,26,28-47H2,1-3H3,(H,53,56)/b10-7+,19-16+,20-17+,25-24+,27-23+. The highest BCUT2D eigenvalue weighted by Crippen LogP contribution is 2.17. The van der Waals surface area contributed by atoms with Gasteiger partial charge in [-0.1, -0.05) is 197 Å². The van der Waals surface area contributed by atoms with Crippen LogP contribution in [0.15, 0.2) is 60.8 Å². The zero-order chi connectivity index (χ0) is 42.4. The summed E-state index contributed by atoms with van der Waals surface area (Å²) in [4.78, 5) is 26.1. The number of hydrogen-bond donors (Lipinski definition) is 3. The van der Waals surface area contributed by atoms with Crippen molar-refractivity contribution in [2.45, 2.75) is 251 Å². The van der Waals surface area contributed by atoms with Crippen LogP contribution in [0.1, 0.15) is 233 Å². The molecular formula is C52H93NO5. The first kappa shape index (κ1) is 55.6. The van der Waals surface area contributed by atoms with E-state index in [0.717, 1.165) is 103 Å². The maximum Gasteiger partial charge on any atom is 0.306 e. The second-order valence-electron chi connectivity index (χ2n) is 16.5. The zero-order valence-corrected chi connectivity index (χ0v) is 38.2. The van der Waals surface area contributed by atoms with Gasteiger partial charge in [0.2, 0.25) is 5.91 Å². The molecule has 58 heavy (non-hydrogen) atoms. The summed E-state index contributed by atoms with van der Waals surface area (Å²) in [5.41, 5.74) is 0. The highest BCUT2D eigenvalue weighted by Gasteiger charge is 2.24. The Bertz CT molecular complexity index is 1050. The molecule has 0 bridgehead atoms. The van der Waals surface area contributed by atoms with E-state index in [4.69, 9.17) is 4.74 Å². The highest BCUT2D eigenvalue weighted by atomic mass is 16.5. The smallest absolute Gasteiger partial charge is 0.306 e. The van der Waals surface area contributed by atoms with Crippen LogP contribution in [-0.2, 0) is 14.3 Å². The summed E-state index contributed by atoms with van der Waals surface area (Å²) in [7, 11) is 0. The van der Waals surface area contributed by atoms with E-state index < -0.39 is 18.2 Å². The van der Waals surface area contributed by atoms with Gasteiger partial charge in [0.25, 0.3) is 0 Å². The van der Waals surface area contributed by atoms with Crippen LogP contribution in [-0.4, -0.2) is 46.9 Å². The fourth-order valence-corrected chi connectivity index (χ4v) is 7.14. The normalized spacial score (nSPS) is 13.8. The van der Waals surface area contributed by atoms with Crippen molar-refractivity contribution in [3.05, 3.63) is 60.8 Å². The molecule has 0 aromatic rings. The minimum atomic E-state index is -0.795. The Kier molecular flexibility index (Phi) is 43.7. The number of esters is 1. The van der Waals surface area contributed by atoms with E-state index in [1.165, 1.54) is 83.5 Å². The molecular weight excluding hydrogens is 719 g/mol. The van der Waals surface area contributed by atoms with Gasteiger partial charge in [0, 0.05) is 6.42 Å². The molecule has 0 fully saturated rings. The predicted octanol–water partition coefficient (Wildman–Crippen LogP) is 14.5. The SMILES string of the molecule is CC/C=C/C/C=C/C/C=C/CCCCCCCCC(=O)OC(CCCCCC/C=C/C=C/CCCCC)CC(=O)NC(CO)C(O)CCCCCCCCCCCC. The lowest BCUT2D eigenvalue weighted by atomic mass is 10.0. The number of amides is 1. The predicted molar refractivity (Wildman–Crippen MR) is 250 cm³/mol. The molecule has 0 heterocycles. The van der Waals surface area contributed by atoms with Gasteiger partial charge in [-0.2, -0.15) is 0 Å². The van der Waals surface area contributed by atoms with Crippen LogP contribution in [0.2, 0.25) is 0 Å². The summed E-state index contributed by atoms with van der Waals surface area (Å²) in [5.74, 6) is -0.510. The van der Waals surface area contributed by atoms with E-state index in [1.807, 2.05) is 0 Å². The topological polar surface area (TPSA) is 95.9 Å². The molecule has 6 heteroatoms. The summed E-state index contributed by atoms with van der Waals surface area (Å²) < 4.78 is 5.91. The molecule has 0 aromatic carbocycles. The quantitative estimate of drug-likeness (QED) is 0.0247. The van der Waals surface area contributed by atoms with Crippen molar-refractivity contribution in [3.8, 4) is 0 Å². The Hall–Kier alpha value is -2.44. The third-order valence-corrected chi connectivity index (χ3v) is 10.9. The molecule has 0 aliphatic carbocycles. The molecule has 3 unspecified atom stereocenters. The summed E-state index contributed by atoms with van der Waals surface area (Å²) in [5, 5.41) is 23.7. The number of nitrogens with one attached hydrogen (secondary N) is 1. The number of unbranched alkanes of at least 4 members (excludes halogenated alkanes) is 22. The molecule has 0 aliphatic rings. The maximum absolute atomic E-state index is 13.2. The molecule has 336 valence electrons. The Morgan fingerprint density at radius 1 is 0.534 bits per heavy atom. The van der Waals surface area contributed by atoms with E-state index in [0.29, 0.717) is 19.3 Å². The lowest BCUT2D eigenvalue weighted by molar-refractivity contribution is -0.151. The van der Waals surface area contributed by atoms with Gasteiger partial charge < -0.3 is 20.3 Å². The average Bonchev–Trinajstić information content (AvgIpc) is 3.22. The number of rotatable bonds is 43. The Morgan fingerprint density at radius 3 is 1.55 bits per heavy atom. The Morgan fingerprint density at radius 2 is 0.983 bits per heavy atom. The van der Waals surface area contributed by atoms with Crippen LogP contribution in [0.4, 0.5) is 0 Å². The number of ether oxygens (including phenoxy) is 1. The van der Waals surface area contributed by atoms with Gasteiger partial charge in [-0.3, -0.25) is 9.59 Å². The van der Waals surface area contributed by atoms with E-state index in [9.17, 15) is 19.8 Å². The summed E-state index contributed by atoms with van der Waals surface area (Å²) in [6.07, 6.45) is 55.6. The first-order valence-electron chi connectivity index (χ1n) is 24.5. The molecule has 0 saturated heterocycles. The minimum Gasteiger partial charge on any atom is -0.462 e. The van der Waals surface area contributed by atoms with E-state index in [-0.39, 0.29) is 24.9 Å². The van der Waals surface area contributed by atoms with Crippen molar-refractivity contribution in [2.24, 2.45) is 0 Å². The number of allylic oxidation sites excluding steroid dienone is 10. The lowest BCUT2D eigenvalue weighted by Crippen LogP contribution is -2.46. The fourth-order valence-electron chi connectivity index (χ4n) is 7.14. The zero-order valence-electron chi connectivity index (χ0n) is 38.2. The van der Waals surface area contributed by atoms with E-state index in [2.05, 4.69) is 86.8 Å². The van der Waals surface area contributed by atoms with Gasteiger partial charge >= 0.3 is 5.97 Å². The Balaban J connectivity index is 4.63. The number of carbonyl (C=O) groups is 2. The van der Waals surface area contributed by atoms with Crippen LogP contribution in [0.5, 0.6) is 0 Å². The summed E-state index contributed by atoms with van der Waals surface area (Å²) in [6.45, 7) is 6.31. The minimum absolute atomic E-state index is 0.0571. The molecule has 6 nitrogen and oxygen atoms in total. The lowest BCUT2D eigenvalue weighted by Gasteiger charge is -2.24. The van der Waals surface area contributed by atoms with Crippen LogP contribution in [0.25, 0.3) is 0 Å². The first-order chi connectivity index (χ1) is 28.5. The van der Waals surface area contributed by atoms with Crippen molar-refractivity contribution < 1.29 is 24.5 Å². The van der Waals surface area contributed by atoms with Gasteiger partial charge in [-0.05, 0) is 83.5 Å². The van der Waals surface area contributed by atoms with Crippen molar-refractivity contribution >= 4 is 11.9 Å². The summed E-state index contributed by atoms with van der Waals surface area (Å²) >= 11 is 0. The molecule has 0 saturated carbocycles. The van der Waals surface area contributed by atoms with Crippen molar-refractivity contribution in [1.29, 1.82) is 0 Å². The molecule has 1 amide bonds. The number of carbonyl (C=O) groups excluding carboxylic acids is 2. The van der Waals surface area contributed by atoms with Crippen LogP contribution < -0.4 is 5.32 Å². The van der Waals surface area contributed by atoms with Crippen LogP contribution in [0.3, 0.4) is 0 Å². The molecule has 0 aromatic heterocycles. The number of aliphatic hydroxyl groups is 2. The van der Waals surface area contributed by atoms with E-state index >= 15 is 0 Å². The third kappa shape index (κ3) is 40.3. The van der Waals surface area contributed by atoms with Crippen molar-refractivity contribution in [1.82, 2.24) is 5.32 Å². The van der Waals surface area contributed by atoms with Gasteiger partial charge in [-0.15, -0.1) is 0 Å². The number of aliphatic hydroxyl groups excluding tert-OH is 2. The Labute approximate surface area is 358 Å². The van der Waals surface area contributed by atoms with Gasteiger partial charge in [-0.25, -0.2) is 0 Å². The van der Waals surface area contributed by atoms with Crippen molar-refractivity contribution in [3.63, 3.8) is 0 Å². The average molecular weight is 812 g/mol. The van der Waals surface area contributed by atoms with Gasteiger partial charge in [0.15, 0.2) is 0 Å². The monoisotopic (exact) mass is 812 g/mol. The maximum atomic E-state index is 13.2. The molecule has 0 rings (SSSR count). The van der Waals surface area contributed by atoms with Crippen molar-refractivity contribution in [2.75, 3.05) is 6.61 Å². The molecule has 0 spiro atoms. The van der Waals surface area contributed by atoms with Gasteiger partial charge in [0.1, 0.15) is 6.10 Å². The molecule has 0 radical (unpaired) electrons. The molecule has 0 aliphatic heterocycles. The molecule has 3 atom stereocenters. The first-order valence-corrected chi connectivity index (χ1v) is 24.5. The van der Waals surface area contributed by atoms with Crippen LogP contribution in [0, 0.1) is 0 Å². The second-order valence-corrected chi connectivity index (χ2v) is 16.5. The fraction of sp³-hybridized carbons (Fsp3) is 0.769. The molecule has 3 N–H and O–H groups in total. The van der Waals surface area contributed by atoms with Gasteiger partial charge in [0.05, 0.1) is 25.2 Å². The third-order valence-electron chi connectivity index (χ3n) is 10.9. The van der Waals surface area contributed by atoms with Crippen LogP contribution >= 0.6 is 0 Å². The summed E-state index contributed by atoms with van der Waals surface area (Å²) in [6, 6.07) is -0.710. The largest absolute Gasteiger partial charge is 0.462 e. The van der Waals surface area contributed by atoms with E-state index in [1.54, 1.807) is 0 Å².